The van der Waals surface area contributed by atoms with E-state index in [2.05, 4.69) is 19.4 Å². The van der Waals surface area contributed by atoms with Crippen LogP contribution in [-0.4, -0.2) is 20.7 Å². The molecule has 1 aromatic heterocycles. The van der Waals surface area contributed by atoms with E-state index < -0.39 is 5.41 Å². The molecule has 2 aliphatic carbocycles. The van der Waals surface area contributed by atoms with Crippen LogP contribution >= 0.6 is 9.24 Å². The van der Waals surface area contributed by atoms with Crippen LogP contribution in [0.1, 0.15) is 17.0 Å². The van der Waals surface area contributed by atoms with Crippen molar-refractivity contribution in [2.45, 2.75) is 24.9 Å². The maximum absolute atomic E-state index is 13.7. The molecule has 1 heterocycles. The summed E-state index contributed by atoms with van der Waals surface area (Å²) in [5, 5.41) is 14.9. The van der Waals surface area contributed by atoms with Crippen molar-refractivity contribution in [2.75, 3.05) is 0 Å². The second kappa shape index (κ2) is 2.56. The van der Waals surface area contributed by atoms with Crippen molar-refractivity contribution in [1.82, 2.24) is 10.2 Å². The molecule has 4 unspecified atom stereocenters. The third kappa shape index (κ3) is 0.958. The number of hydrogen-bond acceptors (Lipinski definition) is 2. The van der Waals surface area contributed by atoms with Crippen molar-refractivity contribution in [3.05, 3.63) is 17.0 Å². The molecule has 1 saturated carbocycles. The zero-order chi connectivity index (χ0) is 9.92. The summed E-state index contributed by atoms with van der Waals surface area (Å²) >= 11 is 0. The number of halogens is 1. The quantitative estimate of drug-likeness (QED) is 0.679. The molecule has 3 nitrogen and oxygen atoms in total. The summed E-state index contributed by atoms with van der Waals surface area (Å²) < 4.78 is 13.7. The van der Waals surface area contributed by atoms with E-state index in [1.54, 1.807) is 0 Å². The highest BCUT2D eigenvalue weighted by Crippen LogP contribution is 2.63. The van der Waals surface area contributed by atoms with Crippen LogP contribution in [0.15, 0.2) is 0 Å². The van der Waals surface area contributed by atoms with Gasteiger partial charge in [-0.15, -0.1) is 0 Å². The number of rotatable bonds is 1. The Balaban J connectivity index is 1.96. The molecule has 14 heavy (non-hydrogen) atoms. The third-order valence-electron chi connectivity index (χ3n) is 3.55. The van der Waals surface area contributed by atoms with Gasteiger partial charge in [0, 0.05) is 17.5 Å². The van der Waals surface area contributed by atoms with Gasteiger partial charge in [0.25, 0.3) is 0 Å². The van der Waals surface area contributed by atoms with Crippen LogP contribution in [-0.2, 0) is 19.4 Å². The van der Waals surface area contributed by atoms with E-state index in [0.717, 1.165) is 17.7 Å². The molecule has 0 aromatic carbocycles. The summed E-state index contributed by atoms with van der Waals surface area (Å²) in [6.07, 6.45) is 1.44. The highest BCUT2D eigenvalue weighted by Gasteiger charge is 2.64. The van der Waals surface area contributed by atoms with Crippen LogP contribution in [0.5, 0.6) is 0 Å². The molecule has 0 radical (unpaired) electrons. The van der Waals surface area contributed by atoms with Gasteiger partial charge in [-0.25, -0.2) is 4.39 Å². The van der Waals surface area contributed by atoms with Crippen LogP contribution in [0.3, 0.4) is 0 Å². The number of H-pyrrole nitrogens is 1. The summed E-state index contributed by atoms with van der Waals surface area (Å²) in [4.78, 5) is 0. The Hall–Kier alpha value is -0.470. The van der Waals surface area contributed by atoms with Crippen molar-refractivity contribution in [1.29, 1.82) is 0 Å². The van der Waals surface area contributed by atoms with E-state index in [9.17, 15) is 4.39 Å². The first-order chi connectivity index (χ1) is 6.64. The van der Waals surface area contributed by atoms with E-state index in [1.807, 2.05) is 0 Å². The molecule has 5 heteroatoms. The zero-order valence-electron chi connectivity index (χ0n) is 7.63. The number of hydrogen-bond donors (Lipinski definition) is 2. The van der Waals surface area contributed by atoms with Gasteiger partial charge in [0.1, 0.15) is 5.41 Å². The summed E-state index contributed by atoms with van der Waals surface area (Å²) in [7, 11) is 2.31. The molecule has 2 aliphatic rings. The number of aliphatic hydroxyl groups is 1. The van der Waals surface area contributed by atoms with E-state index in [-0.39, 0.29) is 18.4 Å². The van der Waals surface area contributed by atoms with Gasteiger partial charge >= 0.3 is 0 Å². The van der Waals surface area contributed by atoms with E-state index >= 15 is 0 Å². The first-order valence-corrected chi connectivity index (χ1v) is 5.36. The fourth-order valence-corrected chi connectivity index (χ4v) is 3.15. The summed E-state index contributed by atoms with van der Waals surface area (Å²) in [5.41, 5.74) is 2.74. The van der Waals surface area contributed by atoms with Crippen LogP contribution in [0, 0.1) is 11.8 Å². The van der Waals surface area contributed by atoms with Gasteiger partial charge in [0.05, 0.1) is 12.3 Å². The number of aromatic amines is 1. The maximum Gasteiger partial charge on any atom is 0.130 e. The predicted molar refractivity (Wildman–Crippen MR) is 52.4 cm³/mol. The van der Waals surface area contributed by atoms with Crippen molar-refractivity contribution in [3.8, 4) is 0 Å². The summed E-state index contributed by atoms with van der Waals surface area (Å²) in [6, 6.07) is 0. The van der Waals surface area contributed by atoms with Crippen molar-refractivity contribution in [2.24, 2.45) is 11.8 Å². The van der Waals surface area contributed by atoms with E-state index in [0.29, 0.717) is 12.1 Å². The van der Waals surface area contributed by atoms with E-state index in [1.165, 1.54) is 0 Å². The molecular formula is C9H12FN2OP. The Kier molecular flexibility index (Phi) is 1.61. The van der Waals surface area contributed by atoms with E-state index in [4.69, 9.17) is 5.11 Å². The van der Waals surface area contributed by atoms with Crippen molar-refractivity contribution >= 4 is 9.24 Å². The highest BCUT2D eigenvalue weighted by atomic mass is 31.0. The lowest BCUT2D eigenvalue weighted by Gasteiger charge is -2.08. The second-order valence-corrected chi connectivity index (χ2v) is 5.12. The second-order valence-electron chi connectivity index (χ2n) is 4.23. The van der Waals surface area contributed by atoms with Gasteiger partial charge in [-0.3, -0.25) is 5.10 Å². The molecule has 0 saturated heterocycles. The lowest BCUT2D eigenvalue weighted by Crippen LogP contribution is -2.05. The molecule has 0 spiro atoms. The number of fused-ring (bicyclic) bond motifs is 2. The molecule has 76 valence electrons. The molecule has 1 fully saturated rings. The van der Waals surface area contributed by atoms with Gasteiger partial charge in [0.15, 0.2) is 0 Å². The normalized spacial score (nSPS) is 39.1. The summed E-state index contributed by atoms with van der Waals surface area (Å²) in [5.74, 6) is 0.245. The molecule has 0 aliphatic heterocycles. The standard InChI is InChI=1S/C9H12FN2OP/c10-9(14)5-1-4-7(2-6(5)9)11-12-8(4)3-13/h5-6,13H,1-3,14H2,(H,11,12). The minimum absolute atomic E-state index is 0.0562. The number of alkyl halides is 1. The molecule has 4 atom stereocenters. The van der Waals surface area contributed by atoms with Crippen LogP contribution in [0.25, 0.3) is 0 Å². The SMILES string of the molecule is OCc1n[nH]c2c1CC1C(C2)C1(F)P. The number of aromatic nitrogens is 2. The van der Waals surface area contributed by atoms with Gasteiger partial charge in [-0.05, 0) is 18.4 Å². The minimum atomic E-state index is -1.08. The first-order valence-electron chi connectivity index (χ1n) is 4.78. The monoisotopic (exact) mass is 214 g/mol. The van der Waals surface area contributed by atoms with Gasteiger partial charge in [-0.1, -0.05) is 9.24 Å². The van der Waals surface area contributed by atoms with Crippen molar-refractivity contribution in [3.63, 3.8) is 0 Å². The molecular weight excluding hydrogens is 202 g/mol. The lowest BCUT2D eigenvalue weighted by molar-refractivity contribution is 0.275. The average Bonchev–Trinajstić information content (AvgIpc) is 2.59. The smallest absolute Gasteiger partial charge is 0.130 e. The van der Waals surface area contributed by atoms with Crippen LogP contribution < -0.4 is 0 Å². The molecule has 3 rings (SSSR count). The Morgan fingerprint density at radius 2 is 2.29 bits per heavy atom. The third-order valence-corrected chi connectivity index (χ3v) is 4.41. The molecule has 2 N–H and O–H groups in total. The summed E-state index contributed by atoms with van der Waals surface area (Å²) in [6.45, 7) is -0.0562. The van der Waals surface area contributed by atoms with Gasteiger partial charge in [0.2, 0.25) is 0 Å². The fraction of sp³-hybridized carbons (Fsp3) is 0.667. The van der Waals surface area contributed by atoms with Gasteiger partial charge in [-0.2, -0.15) is 5.10 Å². The highest BCUT2D eigenvalue weighted by molar-refractivity contribution is 7.19. The Morgan fingerprint density at radius 3 is 3.00 bits per heavy atom. The Labute approximate surface area is 83.3 Å². The minimum Gasteiger partial charge on any atom is -0.390 e. The maximum atomic E-state index is 13.7. The molecule has 0 amide bonds. The first kappa shape index (κ1) is 8.81. The van der Waals surface area contributed by atoms with Crippen LogP contribution in [0.2, 0.25) is 0 Å². The fourth-order valence-electron chi connectivity index (χ4n) is 2.55. The van der Waals surface area contributed by atoms with Gasteiger partial charge < -0.3 is 5.11 Å². The lowest BCUT2D eigenvalue weighted by atomic mass is 9.96. The zero-order valence-corrected chi connectivity index (χ0v) is 8.78. The predicted octanol–water partition coefficient (Wildman–Crippen LogP) is 0.787. The van der Waals surface area contributed by atoms with Crippen LogP contribution in [0.4, 0.5) is 4.39 Å². The number of aliphatic hydroxyl groups excluding tert-OH is 1. The average molecular weight is 214 g/mol. The Morgan fingerprint density at radius 1 is 1.57 bits per heavy atom. The molecule has 1 aromatic rings. The molecule has 0 bridgehead atoms. The van der Waals surface area contributed by atoms with Crippen molar-refractivity contribution < 1.29 is 9.50 Å². The number of nitrogens with one attached hydrogen (secondary N) is 1. The number of nitrogens with zero attached hydrogens (tertiary/aromatic N) is 1. The topological polar surface area (TPSA) is 48.9 Å². The Bertz CT molecular complexity index is 390. The largest absolute Gasteiger partial charge is 0.390 e.